The van der Waals surface area contributed by atoms with Gasteiger partial charge >= 0.3 is 6.03 Å². The molecule has 1 atom stereocenters. The molecule has 1 fully saturated rings. The van der Waals surface area contributed by atoms with Crippen LogP contribution in [0.1, 0.15) is 6.42 Å². The number of ether oxygens (including phenoxy) is 1. The van der Waals surface area contributed by atoms with Crippen LogP contribution in [0.5, 0.6) is 5.75 Å². The standard InChI is InChI=1S/C18H19N3O3/c1-24-16-10-6-5-9-15(16)20-18(23)19-13-11-17(22)21(12-13)14-7-3-2-4-8-14/h2-10,13H,11-12H2,1H3,(H2,19,20,23)/t13-/m1/s1. The van der Waals surface area contributed by atoms with Gasteiger partial charge in [0.1, 0.15) is 5.75 Å². The fourth-order valence-corrected chi connectivity index (χ4v) is 2.75. The Morgan fingerprint density at radius 3 is 2.58 bits per heavy atom. The van der Waals surface area contributed by atoms with Gasteiger partial charge in [0.15, 0.2) is 0 Å². The summed E-state index contributed by atoms with van der Waals surface area (Å²) in [6, 6.07) is 16.0. The lowest BCUT2D eigenvalue weighted by molar-refractivity contribution is -0.117. The molecule has 2 aromatic carbocycles. The van der Waals surface area contributed by atoms with Crippen molar-refractivity contribution < 1.29 is 14.3 Å². The molecule has 0 saturated carbocycles. The molecule has 0 bridgehead atoms. The molecule has 2 aromatic rings. The zero-order valence-electron chi connectivity index (χ0n) is 13.4. The van der Waals surface area contributed by atoms with Gasteiger partial charge in [0.2, 0.25) is 5.91 Å². The van der Waals surface area contributed by atoms with Gasteiger partial charge in [-0.15, -0.1) is 0 Å². The van der Waals surface area contributed by atoms with Gasteiger partial charge in [0.25, 0.3) is 0 Å². The molecule has 1 aliphatic rings. The molecule has 3 rings (SSSR count). The number of hydrogen-bond donors (Lipinski definition) is 2. The summed E-state index contributed by atoms with van der Waals surface area (Å²) in [4.78, 5) is 26.0. The molecule has 0 spiro atoms. The predicted octanol–water partition coefficient (Wildman–Crippen LogP) is 2.62. The van der Waals surface area contributed by atoms with Crippen molar-refractivity contribution in [2.45, 2.75) is 12.5 Å². The highest BCUT2D eigenvalue weighted by Gasteiger charge is 2.31. The van der Waals surface area contributed by atoms with E-state index in [1.54, 1.807) is 24.1 Å². The average Bonchev–Trinajstić information content (AvgIpc) is 2.96. The zero-order valence-corrected chi connectivity index (χ0v) is 13.4. The molecule has 1 aliphatic heterocycles. The van der Waals surface area contributed by atoms with Gasteiger partial charge in [-0.1, -0.05) is 30.3 Å². The van der Waals surface area contributed by atoms with Crippen LogP contribution in [0.25, 0.3) is 0 Å². The molecule has 0 aliphatic carbocycles. The maximum Gasteiger partial charge on any atom is 0.319 e. The van der Waals surface area contributed by atoms with E-state index in [0.29, 0.717) is 18.0 Å². The Labute approximate surface area is 140 Å². The minimum atomic E-state index is -0.354. The van der Waals surface area contributed by atoms with Crippen molar-refractivity contribution in [3.63, 3.8) is 0 Å². The number of anilines is 2. The molecule has 24 heavy (non-hydrogen) atoms. The van der Waals surface area contributed by atoms with Crippen LogP contribution in [0.3, 0.4) is 0 Å². The van der Waals surface area contributed by atoms with Gasteiger partial charge in [0, 0.05) is 18.7 Å². The highest BCUT2D eigenvalue weighted by atomic mass is 16.5. The van der Waals surface area contributed by atoms with Gasteiger partial charge in [0.05, 0.1) is 18.8 Å². The second-order valence-electron chi connectivity index (χ2n) is 5.54. The molecule has 6 nitrogen and oxygen atoms in total. The van der Waals surface area contributed by atoms with E-state index in [2.05, 4.69) is 10.6 Å². The summed E-state index contributed by atoms with van der Waals surface area (Å²) in [6.45, 7) is 0.461. The number of amides is 3. The molecule has 0 radical (unpaired) electrons. The lowest BCUT2D eigenvalue weighted by Gasteiger charge is -2.17. The second-order valence-corrected chi connectivity index (χ2v) is 5.54. The van der Waals surface area contributed by atoms with Gasteiger partial charge in [-0.05, 0) is 24.3 Å². The van der Waals surface area contributed by atoms with Crippen molar-refractivity contribution in [2.24, 2.45) is 0 Å². The summed E-state index contributed by atoms with van der Waals surface area (Å²) in [7, 11) is 1.55. The summed E-state index contributed by atoms with van der Waals surface area (Å²) in [5.41, 5.74) is 1.43. The topological polar surface area (TPSA) is 70.7 Å². The number of methoxy groups -OCH3 is 1. The Morgan fingerprint density at radius 2 is 1.83 bits per heavy atom. The van der Waals surface area contributed by atoms with Crippen LogP contribution in [0.15, 0.2) is 54.6 Å². The maximum atomic E-state index is 12.2. The highest BCUT2D eigenvalue weighted by molar-refractivity contribution is 5.97. The van der Waals surface area contributed by atoms with E-state index in [0.717, 1.165) is 5.69 Å². The highest BCUT2D eigenvalue weighted by Crippen LogP contribution is 2.24. The normalized spacial score (nSPS) is 16.8. The fraction of sp³-hybridized carbons (Fsp3) is 0.222. The summed E-state index contributed by atoms with van der Waals surface area (Å²) in [5, 5.41) is 5.59. The first-order valence-corrected chi connectivity index (χ1v) is 7.73. The van der Waals surface area contributed by atoms with E-state index in [-0.39, 0.29) is 24.4 Å². The molecule has 6 heteroatoms. The van der Waals surface area contributed by atoms with E-state index in [1.807, 2.05) is 42.5 Å². The third-order valence-electron chi connectivity index (χ3n) is 3.88. The third kappa shape index (κ3) is 3.48. The van der Waals surface area contributed by atoms with Gasteiger partial charge < -0.3 is 20.3 Å². The Kier molecular flexibility index (Phi) is 4.65. The van der Waals surface area contributed by atoms with Gasteiger partial charge in [-0.2, -0.15) is 0 Å². The number of nitrogens with zero attached hydrogens (tertiary/aromatic N) is 1. The number of carbonyl (C=O) groups is 2. The predicted molar refractivity (Wildman–Crippen MR) is 92.3 cm³/mol. The number of nitrogens with one attached hydrogen (secondary N) is 2. The molecule has 1 saturated heterocycles. The van der Waals surface area contributed by atoms with Crippen LogP contribution in [0.2, 0.25) is 0 Å². The molecule has 3 amide bonds. The Bertz CT molecular complexity index is 733. The Hall–Kier alpha value is -3.02. The number of carbonyl (C=O) groups excluding carboxylic acids is 2. The van der Waals surface area contributed by atoms with Crippen LogP contribution in [-0.2, 0) is 4.79 Å². The zero-order chi connectivity index (χ0) is 16.9. The summed E-state index contributed by atoms with van der Waals surface area (Å²) >= 11 is 0. The molecule has 1 heterocycles. The largest absolute Gasteiger partial charge is 0.495 e. The van der Waals surface area contributed by atoms with Crippen molar-refractivity contribution in [2.75, 3.05) is 23.9 Å². The van der Waals surface area contributed by atoms with Crippen molar-refractivity contribution in [3.05, 3.63) is 54.6 Å². The lowest BCUT2D eigenvalue weighted by atomic mass is 10.2. The SMILES string of the molecule is COc1ccccc1NC(=O)N[C@@H]1CC(=O)N(c2ccccc2)C1. The molecule has 124 valence electrons. The van der Waals surface area contributed by atoms with Crippen LogP contribution in [0.4, 0.5) is 16.2 Å². The minimum absolute atomic E-state index is 0.00351. The lowest BCUT2D eigenvalue weighted by Crippen LogP contribution is -2.39. The Morgan fingerprint density at radius 1 is 1.12 bits per heavy atom. The molecule has 0 unspecified atom stereocenters. The maximum absolute atomic E-state index is 12.2. The number of rotatable bonds is 4. The average molecular weight is 325 g/mol. The molecule has 2 N–H and O–H groups in total. The molecule has 0 aromatic heterocycles. The number of urea groups is 1. The van der Waals surface area contributed by atoms with Crippen LogP contribution >= 0.6 is 0 Å². The summed E-state index contributed by atoms with van der Waals surface area (Å²) in [5.74, 6) is 0.588. The van der Waals surface area contributed by atoms with Crippen LogP contribution in [-0.4, -0.2) is 31.6 Å². The minimum Gasteiger partial charge on any atom is -0.495 e. The fourth-order valence-electron chi connectivity index (χ4n) is 2.75. The smallest absolute Gasteiger partial charge is 0.319 e. The Balaban J connectivity index is 1.61. The number of benzene rings is 2. The van der Waals surface area contributed by atoms with E-state index in [4.69, 9.17) is 4.74 Å². The summed E-state index contributed by atoms with van der Waals surface area (Å²) in [6.07, 6.45) is 0.286. The first kappa shape index (κ1) is 15.9. The van der Waals surface area contributed by atoms with Crippen molar-refractivity contribution in [3.8, 4) is 5.75 Å². The van der Waals surface area contributed by atoms with Gasteiger partial charge in [-0.25, -0.2) is 4.79 Å². The molecular formula is C18H19N3O3. The van der Waals surface area contributed by atoms with Crippen molar-refractivity contribution in [1.29, 1.82) is 0 Å². The van der Waals surface area contributed by atoms with Crippen LogP contribution < -0.4 is 20.3 Å². The van der Waals surface area contributed by atoms with E-state index < -0.39 is 0 Å². The quantitative estimate of drug-likeness (QED) is 0.908. The third-order valence-corrected chi connectivity index (χ3v) is 3.88. The molecular weight excluding hydrogens is 306 g/mol. The first-order valence-electron chi connectivity index (χ1n) is 7.73. The number of hydrogen-bond acceptors (Lipinski definition) is 3. The summed E-state index contributed by atoms with van der Waals surface area (Å²) < 4.78 is 5.20. The first-order chi connectivity index (χ1) is 11.7. The monoisotopic (exact) mass is 325 g/mol. The number of para-hydroxylation sites is 3. The van der Waals surface area contributed by atoms with E-state index >= 15 is 0 Å². The van der Waals surface area contributed by atoms with Crippen molar-refractivity contribution in [1.82, 2.24) is 5.32 Å². The van der Waals surface area contributed by atoms with E-state index in [9.17, 15) is 9.59 Å². The van der Waals surface area contributed by atoms with E-state index in [1.165, 1.54) is 0 Å². The van der Waals surface area contributed by atoms with Crippen LogP contribution in [0, 0.1) is 0 Å². The second kappa shape index (κ2) is 7.04. The van der Waals surface area contributed by atoms with Crippen molar-refractivity contribution >= 4 is 23.3 Å². The van der Waals surface area contributed by atoms with Gasteiger partial charge in [-0.3, -0.25) is 4.79 Å².